The van der Waals surface area contributed by atoms with Crippen LogP contribution in [0, 0.1) is 0 Å². The lowest BCUT2D eigenvalue weighted by Crippen LogP contribution is -2.30. The summed E-state index contributed by atoms with van der Waals surface area (Å²) in [4.78, 5) is 11.5. The third kappa shape index (κ3) is 6.36. The van der Waals surface area contributed by atoms with Crippen LogP contribution < -0.4 is 15.4 Å². The predicted octanol–water partition coefficient (Wildman–Crippen LogP) is 1.70. The topological polar surface area (TPSA) is 59.6 Å². The normalized spacial score (nSPS) is 10.3. The van der Waals surface area contributed by atoms with E-state index < -0.39 is 0 Å². The van der Waals surface area contributed by atoms with Crippen LogP contribution in [0.5, 0.6) is 5.75 Å². The zero-order valence-corrected chi connectivity index (χ0v) is 13.5. The number of benzene rings is 1. The van der Waals surface area contributed by atoms with Crippen LogP contribution in [0.25, 0.3) is 0 Å². The molecule has 5 nitrogen and oxygen atoms in total. The summed E-state index contributed by atoms with van der Waals surface area (Å²) in [6.45, 7) is 2.40. The number of rotatable bonds is 9. The average molecular weight is 345 g/mol. The van der Waals surface area contributed by atoms with E-state index >= 15 is 0 Å². The molecule has 0 saturated heterocycles. The second kappa shape index (κ2) is 9.74. The molecule has 1 rings (SSSR count). The molecule has 20 heavy (non-hydrogen) atoms. The number of carbonyl (C=O) groups excluding carboxylic acids is 1. The molecular formula is C14H21BrN2O3. The van der Waals surface area contributed by atoms with Crippen LogP contribution in [0.15, 0.2) is 22.7 Å². The van der Waals surface area contributed by atoms with Crippen molar-refractivity contribution in [2.75, 3.05) is 33.9 Å². The van der Waals surface area contributed by atoms with Crippen molar-refractivity contribution in [1.82, 2.24) is 10.6 Å². The highest BCUT2D eigenvalue weighted by Crippen LogP contribution is 2.22. The van der Waals surface area contributed by atoms with Gasteiger partial charge in [0, 0.05) is 37.6 Å². The van der Waals surface area contributed by atoms with Gasteiger partial charge in [0.2, 0.25) is 5.91 Å². The number of carbonyl (C=O) groups is 1. The summed E-state index contributed by atoms with van der Waals surface area (Å²) in [5.41, 5.74) is 1.10. The second-order valence-corrected chi connectivity index (χ2v) is 5.08. The molecule has 0 aliphatic carbocycles. The summed E-state index contributed by atoms with van der Waals surface area (Å²) in [6, 6.07) is 5.82. The Hall–Kier alpha value is -1.11. The fourth-order valence-electron chi connectivity index (χ4n) is 1.62. The molecule has 0 bridgehead atoms. The number of nitrogens with one attached hydrogen (secondary N) is 2. The molecule has 0 radical (unpaired) electrons. The Balaban J connectivity index is 2.25. The largest absolute Gasteiger partial charge is 0.497 e. The van der Waals surface area contributed by atoms with Gasteiger partial charge in [-0.3, -0.25) is 4.79 Å². The molecule has 0 fully saturated rings. The van der Waals surface area contributed by atoms with E-state index in [0.717, 1.165) is 15.8 Å². The second-order valence-electron chi connectivity index (χ2n) is 4.23. The van der Waals surface area contributed by atoms with Gasteiger partial charge >= 0.3 is 0 Å². The number of ether oxygens (including phenoxy) is 2. The van der Waals surface area contributed by atoms with Gasteiger partial charge in [-0.15, -0.1) is 0 Å². The fourth-order valence-corrected chi connectivity index (χ4v) is 2.01. The summed E-state index contributed by atoms with van der Waals surface area (Å²) in [5.74, 6) is 0.849. The van der Waals surface area contributed by atoms with Crippen molar-refractivity contribution in [3.05, 3.63) is 28.2 Å². The zero-order chi connectivity index (χ0) is 14.8. The zero-order valence-electron chi connectivity index (χ0n) is 11.9. The van der Waals surface area contributed by atoms with Gasteiger partial charge in [0.05, 0.1) is 13.7 Å². The number of hydrogen-bond acceptors (Lipinski definition) is 4. The van der Waals surface area contributed by atoms with Gasteiger partial charge in [-0.05, 0) is 23.8 Å². The lowest BCUT2D eigenvalue weighted by atomic mass is 10.2. The first-order valence-corrected chi connectivity index (χ1v) is 7.25. The summed E-state index contributed by atoms with van der Waals surface area (Å²) in [5, 5.41) is 6.02. The molecule has 0 spiro atoms. The first-order valence-electron chi connectivity index (χ1n) is 6.46. The molecular weight excluding hydrogens is 324 g/mol. The Morgan fingerprint density at radius 1 is 1.30 bits per heavy atom. The van der Waals surface area contributed by atoms with Crippen LogP contribution in [0.4, 0.5) is 0 Å². The van der Waals surface area contributed by atoms with E-state index in [4.69, 9.17) is 9.47 Å². The van der Waals surface area contributed by atoms with Crippen molar-refractivity contribution in [2.24, 2.45) is 0 Å². The maximum Gasteiger partial charge on any atom is 0.221 e. The van der Waals surface area contributed by atoms with E-state index in [1.807, 2.05) is 18.2 Å². The van der Waals surface area contributed by atoms with Gasteiger partial charge in [-0.2, -0.15) is 0 Å². The summed E-state index contributed by atoms with van der Waals surface area (Å²) < 4.78 is 11.1. The lowest BCUT2D eigenvalue weighted by molar-refractivity contribution is -0.121. The van der Waals surface area contributed by atoms with Crippen LogP contribution in [-0.2, 0) is 16.1 Å². The highest BCUT2D eigenvalue weighted by Gasteiger charge is 2.03. The summed E-state index contributed by atoms with van der Waals surface area (Å²) in [7, 11) is 3.25. The smallest absolute Gasteiger partial charge is 0.221 e. The molecule has 0 unspecified atom stereocenters. The van der Waals surface area contributed by atoms with E-state index in [-0.39, 0.29) is 5.91 Å². The molecule has 0 atom stereocenters. The van der Waals surface area contributed by atoms with Crippen molar-refractivity contribution < 1.29 is 14.3 Å². The molecule has 0 saturated carbocycles. The van der Waals surface area contributed by atoms with Crippen molar-refractivity contribution >= 4 is 21.8 Å². The van der Waals surface area contributed by atoms with Crippen LogP contribution in [0.2, 0.25) is 0 Å². The molecule has 0 aliphatic rings. The standard InChI is InChI=1S/C14H21BrN2O3/c1-19-8-7-17-14(18)5-6-16-10-11-9-12(20-2)3-4-13(11)15/h3-4,9,16H,5-8,10H2,1-2H3,(H,17,18). The van der Waals surface area contributed by atoms with E-state index in [0.29, 0.717) is 32.7 Å². The van der Waals surface area contributed by atoms with Crippen LogP contribution in [-0.4, -0.2) is 39.8 Å². The summed E-state index contributed by atoms with van der Waals surface area (Å²) >= 11 is 3.49. The van der Waals surface area contributed by atoms with E-state index in [2.05, 4.69) is 26.6 Å². The molecule has 112 valence electrons. The third-order valence-corrected chi connectivity index (χ3v) is 3.50. The molecule has 6 heteroatoms. The maximum atomic E-state index is 11.5. The Morgan fingerprint density at radius 3 is 2.80 bits per heavy atom. The summed E-state index contributed by atoms with van der Waals surface area (Å²) in [6.07, 6.45) is 0.450. The minimum absolute atomic E-state index is 0.0271. The Kier molecular flexibility index (Phi) is 8.25. The SMILES string of the molecule is COCCNC(=O)CCNCc1cc(OC)ccc1Br. The van der Waals surface area contributed by atoms with Crippen LogP contribution in [0.3, 0.4) is 0 Å². The Labute approximate surface area is 128 Å². The monoisotopic (exact) mass is 344 g/mol. The number of hydrogen-bond donors (Lipinski definition) is 2. The van der Waals surface area contributed by atoms with Crippen molar-refractivity contribution in [3.63, 3.8) is 0 Å². The van der Waals surface area contributed by atoms with Gasteiger partial charge in [0.15, 0.2) is 0 Å². The minimum atomic E-state index is 0.0271. The van der Waals surface area contributed by atoms with E-state index in [9.17, 15) is 4.79 Å². The molecule has 1 aromatic carbocycles. The van der Waals surface area contributed by atoms with Gasteiger partial charge < -0.3 is 20.1 Å². The quantitative estimate of drug-likeness (QED) is 0.669. The highest BCUT2D eigenvalue weighted by atomic mass is 79.9. The van der Waals surface area contributed by atoms with Crippen molar-refractivity contribution in [3.8, 4) is 5.75 Å². The van der Waals surface area contributed by atoms with Gasteiger partial charge in [-0.25, -0.2) is 0 Å². The third-order valence-electron chi connectivity index (χ3n) is 2.73. The Morgan fingerprint density at radius 2 is 2.10 bits per heavy atom. The molecule has 1 aromatic rings. The number of halogens is 1. The molecule has 0 aromatic heterocycles. The van der Waals surface area contributed by atoms with Gasteiger partial charge in [0.25, 0.3) is 0 Å². The lowest BCUT2D eigenvalue weighted by Gasteiger charge is -2.09. The van der Waals surface area contributed by atoms with Gasteiger partial charge in [-0.1, -0.05) is 15.9 Å². The van der Waals surface area contributed by atoms with Gasteiger partial charge in [0.1, 0.15) is 5.75 Å². The first-order chi connectivity index (χ1) is 9.67. The molecule has 0 aliphatic heterocycles. The van der Waals surface area contributed by atoms with Crippen molar-refractivity contribution in [1.29, 1.82) is 0 Å². The Bertz CT molecular complexity index is 427. The molecule has 0 heterocycles. The van der Waals surface area contributed by atoms with E-state index in [1.54, 1.807) is 14.2 Å². The van der Waals surface area contributed by atoms with Crippen molar-refractivity contribution in [2.45, 2.75) is 13.0 Å². The van der Waals surface area contributed by atoms with Crippen LogP contribution in [0.1, 0.15) is 12.0 Å². The minimum Gasteiger partial charge on any atom is -0.497 e. The highest BCUT2D eigenvalue weighted by molar-refractivity contribution is 9.10. The number of methoxy groups -OCH3 is 2. The molecule has 1 amide bonds. The first kappa shape index (κ1) is 16.9. The molecule has 2 N–H and O–H groups in total. The maximum absolute atomic E-state index is 11.5. The fraction of sp³-hybridized carbons (Fsp3) is 0.500. The number of amides is 1. The van der Waals surface area contributed by atoms with Crippen LogP contribution >= 0.6 is 15.9 Å². The van der Waals surface area contributed by atoms with E-state index in [1.165, 1.54) is 0 Å². The predicted molar refractivity (Wildman–Crippen MR) is 81.9 cm³/mol. The average Bonchev–Trinajstić information content (AvgIpc) is 2.45.